The van der Waals surface area contributed by atoms with Gasteiger partial charge in [0.1, 0.15) is 5.75 Å². The van der Waals surface area contributed by atoms with Crippen LogP contribution in [0.5, 0.6) is 5.75 Å². The molecule has 1 fully saturated rings. The van der Waals surface area contributed by atoms with E-state index < -0.39 is 17.8 Å². The van der Waals surface area contributed by atoms with Crippen molar-refractivity contribution in [3.63, 3.8) is 0 Å². The molecular weight excluding hydrogens is 320 g/mol. The highest BCUT2D eigenvalue weighted by Gasteiger charge is 2.37. The van der Waals surface area contributed by atoms with Gasteiger partial charge in [0.2, 0.25) is 5.91 Å². The lowest BCUT2D eigenvalue weighted by Crippen LogP contribution is -2.52. The van der Waals surface area contributed by atoms with Gasteiger partial charge in [-0.1, -0.05) is 24.3 Å². The summed E-state index contributed by atoms with van der Waals surface area (Å²) in [5, 5.41) is 9.38. The van der Waals surface area contributed by atoms with Crippen LogP contribution >= 0.6 is 0 Å². The van der Waals surface area contributed by atoms with Crippen LogP contribution in [0.3, 0.4) is 0 Å². The second-order valence-corrected chi connectivity index (χ2v) is 6.48. The number of aliphatic carboxylic acids is 1. The fraction of sp³-hybridized carbons (Fsp3) is 0.474. The number of para-hydroxylation sites is 2. The number of hydrogen-bond donors (Lipinski definition) is 1. The Bertz CT molecular complexity index is 665. The minimum absolute atomic E-state index is 0.0311. The van der Waals surface area contributed by atoms with Crippen LogP contribution < -0.4 is 9.64 Å². The Morgan fingerprint density at radius 2 is 1.68 bits per heavy atom. The summed E-state index contributed by atoms with van der Waals surface area (Å²) in [6, 6.07) is 7.85. The monoisotopic (exact) mass is 344 g/mol. The molecule has 0 bridgehead atoms. The van der Waals surface area contributed by atoms with Gasteiger partial charge < -0.3 is 19.6 Å². The van der Waals surface area contributed by atoms with Crippen LogP contribution in [0.15, 0.2) is 36.4 Å². The predicted molar refractivity (Wildman–Crippen MR) is 94.8 cm³/mol. The van der Waals surface area contributed by atoms with E-state index in [1.807, 2.05) is 41.3 Å². The maximum atomic E-state index is 12.8. The fourth-order valence-corrected chi connectivity index (χ4v) is 3.65. The summed E-state index contributed by atoms with van der Waals surface area (Å²) in [5.74, 6) is -1.14. The predicted octanol–water partition coefficient (Wildman–Crippen LogP) is 2.01. The third-order valence-electron chi connectivity index (χ3n) is 5.08. The van der Waals surface area contributed by atoms with Gasteiger partial charge >= 0.3 is 5.97 Å². The molecule has 1 aromatic carbocycles. The highest BCUT2D eigenvalue weighted by molar-refractivity contribution is 5.85. The number of amides is 1. The van der Waals surface area contributed by atoms with Gasteiger partial charge in [0.15, 0.2) is 0 Å². The average Bonchev–Trinajstić information content (AvgIpc) is 2.67. The van der Waals surface area contributed by atoms with E-state index in [1.165, 1.54) is 0 Å². The second kappa shape index (κ2) is 7.59. The summed E-state index contributed by atoms with van der Waals surface area (Å²) >= 11 is 0. The highest BCUT2D eigenvalue weighted by Crippen LogP contribution is 2.30. The normalized spacial score (nSPS) is 23.4. The van der Waals surface area contributed by atoms with E-state index >= 15 is 0 Å². The Balaban J connectivity index is 1.64. The smallest absolute Gasteiger partial charge is 0.307 e. The minimum atomic E-state index is -0.879. The Labute approximate surface area is 147 Å². The number of rotatable bonds is 4. The first-order valence-electron chi connectivity index (χ1n) is 8.66. The number of carboxylic acids is 1. The summed E-state index contributed by atoms with van der Waals surface area (Å²) in [4.78, 5) is 28.3. The molecule has 1 N–H and O–H groups in total. The van der Waals surface area contributed by atoms with Gasteiger partial charge in [0.05, 0.1) is 24.6 Å². The van der Waals surface area contributed by atoms with Gasteiger partial charge in [-0.15, -0.1) is 0 Å². The number of benzene rings is 1. The van der Waals surface area contributed by atoms with Crippen LogP contribution in [0.4, 0.5) is 5.69 Å². The molecule has 1 aliphatic carbocycles. The molecule has 1 aromatic rings. The van der Waals surface area contributed by atoms with E-state index in [0.29, 0.717) is 39.0 Å². The topological polar surface area (TPSA) is 70.1 Å². The summed E-state index contributed by atoms with van der Waals surface area (Å²) in [7, 11) is 1.65. The van der Waals surface area contributed by atoms with Gasteiger partial charge in [-0.3, -0.25) is 9.59 Å². The highest BCUT2D eigenvalue weighted by atomic mass is 16.5. The van der Waals surface area contributed by atoms with Crippen molar-refractivity contribution in [1.29, 1.82) is 0 Å². The number of allylic oxidation sites excluding steroid dienone is 2. The molecule has 134 valence electrons. The summed E-state index contributed by atoms with van der Waals surface area (Å²) in [6.45, 7) is 2.63. The SMILES string of the molecule is COc1ccccc1N1CCN(C(=O)[C@@H]2CC=CC[C@@H]2C(=O)O)CC1. The molecule has 3 rings (SSSR count). The molecule has 0 unspecified atom stereocenters. The molecular formula is C19H24N2O4. The first-order valence-corrected chi connectivity index (χ1v) is 8.66. The zero-order valence-corrected chi connectivity index (χ0v) is 14.4. The van der Waals surface area contributed by atoms with E-state index in [2.05, 4.69) is 4.90 Å². The van der Waals surface area contributed by atoms with Crippen molar-refractivity contribution in [2.45, 2.75) is 12.8 Å². The van der Waals surface area contributed by atoms with Crippen LogP contribution in [0.25, 0.3) is 0 Å². The lowest BCUT2D eigenvalue weighted by atomic mass is 9.82. The molecule has 0 aromatic heterocycles. The van der Waals surface area contributed by atoms with E-state index in [1.54, 1.807) is 7.11 Å². The number of carbonyl (C=O) groups is 2. The molecule has 1 heterocycles. The first-order chi connectivity index (χ1) is 12.1. The largest absolute Gasteiger partial charge is 0.495 e. The van der Waals surface area contributed by atoms with Crippen molar-refractivity contribution in [2.75, 3.05) is 38.2 Å². The van der Waals surface area contributed by atoms with Crippen molar-refractivity contribution in [1.82, 2.24) is 4.90 Å². The summed E-state index contributed by atoms with van der Waals surface area (Å²) < 4.78 is 5.41. The van der Waals surface area contributed by atoms with Crippen LogP contribution in [-0.4, -0.2) is 55.2 Å². The lowest BCUT2D eigenvalue weighted by Gasteiger charge is -2.39. The Morgan fingerprint density at radius 1 is 1.04 bits per heavy atom. The van der Waals surface area contributed by atoms with Crippen molar-refractivity contribution in [2.24, 2.45) is 11.8 Å². The molecule has 6 nitrogen and oxygen atoms in total. The summed E-state index contributed by atoms with van der Waals surface area (Å²) in [6.07, 6.45) is 4.74. The lowest BCUT2D eigenvalue weighted by molar-refractivity contribution is -0.150. The molecule has 1 aliphatic heterocycles. The zero-order valence-electron chi connectivity index (χ0n) is 14.4. The third-order valence-corrected chi connectivity index (χ3v) is 5.08. The molecule has 6 heteroatoms. The quantitative estimate of drug-likeness (QED) is 0.846. The number of anilines is 1. The number of carbonyl (C=O) groups excluding carboxylic acids is 1. The fourth-order valence-electron chi connectivity index (χ4n) is 3.65. The van der Waals surface area contributed by atoms with Gasteiger partial charge in [0.25, 0.3) is 0 Å². The number of ether oxygens (including phenoxy) is 1. The molecule has 0 saturated carbocycles. The Kier molecular flexibility index (Phi) is 5.26. The number of hydrogen-bond acceptors (Lipinski definition) is 4. The van der Waals surface area contributed by atoms with Crippen LogP contribution in [-0.2, 0) is 9.59 Å². The summed E-state index contributed by atoms with van der Waals surface area (Å²) in [5.41, 5.74) is 1.03. The molecule has 2 aliphatic rings. The number of methoxy groups -OCH3 is 1. The van der Waals surface area contributed by atoms with E-state index in [9.17, 15) is 14.7 Å². The molecule has 2 atom stereocenters. The Hall–Kier alpha value is -2.50. The zero-order chi connectivity index (χ0) is 17.8. The van der Waals surface area contributed by atoms with Crippen molar-refractivity contribution in [3.8, 4) is 5.75 Å². The van der Waals surface area contributed by atoms with Gasteiger partial charge in [0, 0.05) is 26.2 Å². The Morgan fingerprint density at radius 3 is 2.32 bits per heavy atom. The van der Waals surface area contributed by atoms with Gasteiger partial charge in [-0.2, -0.15) is 0 Å². The average molecular weight is 344 g/mol. The standard InChI is InChI=1S/C19H24N2O4/c1-25-17-9-5-4-8-16(17)20-10-12-21(13-11-20)18(22)14-6-2-3-7-15(14)19(23)24/h2-5,8-9,14-15H,6-7,10-13H2,1H3,(H,23,24)/t14-,15+/m1/s1. The van der Waals surface area contributed by atoms with Gasteiger partial charge in [-0.05, 0) is 25.0 Å². The molecule has 0 spiro atoms. The third kappa shape index (κ3) is 3.62. The van der Waals surface area contributed by atoms with Crippen molar-refractivity contribution >= 4 is 17.6 Å². The van der Waals surface area contributed by atoms with Crippen LogP contribution in [0, 0.1) is 11.8 Å². The van der Waals surface area contributed by atoms with E-state index in [-0.39, 0.29) is 5.91 Å². The van der Waals surface area contributed by atoms with Crippen molar-refractivity contribution in [3.05, 3.63) is 36.4 Å². The maximum Gasteiger partial charge on any atom is 0.307 e. The molecule has 0 radical (unpaired) electrons. The van der Waals surface area contributed by atoms with Crippen LogP contribution in [0.1, 0.15) is 12.8 Å². The number of piperazine rings is 1. The van der Waals surface area contributed by atoms with Crippen LogP contribution in [0.2, 0.25) is 0 Å². The van der Waals surface area contributed by atoms with E-state index in [4.69, 9.17) is 4.74 Å². The molecule has 25 heavy (non-hydrogen) atoms. The second-order valence-electron chi connectivity index (χ2n) is 6.48. The van der Waals surface area contributed by atoms with E-state index in [0.717, 1.165) is 11.4 Å². The minimum Gasteiger partial charge on any atom is -0.495 e. The maximum absolute atomic E-state index is 12.8. The molecule has 1 saturated heterocycles. The van der Waals surface area contributed by atoms with Crippen molar-refractivity contribution < 1.29 is 19.4 Å². The number of nitrogens with zero attached hydrogens (tertiary/aromatic N) is 2. The van der Waals surface area contributed by atoms with Gasteiger partial charge in [-0.25, -0.2) is 0 Å². The molecule has 1 amide bonds. The first kappa shape index (κ1) is 17.3. The number of carboxylic acid groups (broad SMARTS) is 1.